The predicted octanol–water partition coefficient (Wildman–Crippen LogP) is 1.44. The summed E-state index contributed by atoms with van der Waals surface area (Å²) in [6.45, 7) is 2.56. The largest absolute Gasteiger partial charge is 0.476 e. The zero-order valence-corrected chi connectivity index (χ0v) is 12.4. The highest BCUT2D eigenvalue weighted by molar-refractivity contribution is 7.91. The van der Waals surface area contributed by atoms with Crippen LogP contribution in [0.4, 0.5) is 11.5 Å². The molecule has 1 saturated heterocycles. The van der Waals surface area contributed by atoms with Gasteiger partial charge in [-0.05, 0) is 31.4 Å². The van der Waals surface area contributed by atoms with Crippen molar-refractivity contribution < 1.29 is 13.2 Å². The van der Waals surface area contributed by atoms with Crippen molar-refractivity contribution in [3.63, 3.8) is 0 Å². The van der Waals surface area contributed by atoms with Crippen molar-refractivity contribution in [2.24, 2.45) is 0 Å². The molecule has 0 saturated carbocycles. The molecule has 1 unspecified atom stereocenters. The Hall–Kier alpha value is -1.50. The number of nitrogen functional groups attached to an aromatic ring is 1. The van der Waals surface area contributed by atoms with Gasteiger partial charge in [0.25, 0.3) is 0 Å². The highest BCUT2D eigenvalue weighted by Gasteiger charge is 2.24. The second-order valence-electron chi connectivity index (χ2n) is 5.04. The third-order valence-electron chi connectivity index (χ3n) is 3.15. The number of hydrogen-bond acceptors (Lipinski definition) is 6. The molecule has 0 aromatic carbocycles. The van der Waals surface area contributed by atoms with E-state index in [1.165, 1.54) is 0 Å². The van der Waals surface area contributed by atoms with E-state index in [1.807, 2.05) is 6.92 Å². The number of pyridine rings is 1. The lowest BCUT2D eigenvalue weighted by molar-refractivity contribution is 0.307. The van der Waals surface area contributed by atoms with E-state index in [-0.39, 0.29) is 17.5 Å². The van der Waals surface area contributed by atoms with Crippen LogP contribution in [0.2, 0.25) is 0 Å². The normalized spacial score (nSPS) is 21.4. The summed E-state index contributed by atoms with van der Waals surface area (Å²) in [5, 5.41) is 3.15. The van der Waals surface area contributed by atoms with Gasteiger partial charge in [0, 0.05) is 6.04 Å². The van der Waals surface area contributed by atoms with Crippen LogP contribution in [-0.4, -0.2) is 37.6 Å². The van der Waals surface area contributed by atoms with Crippen LogP contribution in [0.3, 0.4) is 0 Å². The van der Waals surface area contributed by atoms with E-state index in [0.717, 1.165) is 12.8 Å². The second kappa shape index (κ2) is 6.30. The van der Waals surface area contributed by atoms with E-state index in [4.69, 9.17) is 10.5 Å². The Kier molecular flexibility index (Phi) is 4.69. The van der Waals surface area contributed by atoms with Crippen LogP contribution in [0.25, 0.3) is 0 Å². The summed E-state index contributed by atoms with van der Waals surface area (Å²) < 4.78 is 28.7. The number of anilines is 2. The molecule has 112 valence electrons. The van der Waals surface area contributed by atoms with Crippen LogP contribution in [0.5, 0.6) is 5.88 Å². The highest BCUT2D eigenvalue weighted by atomic mass is 32.2. The van der Waals surface area contributed by atoms with Crippen LogP contribution in [0.15, 0.2) is 12.1 Å². The number of rotatable bonds is 5. The molecular weight excluding hydrogens is 278 g/mol. The van der Waals surface area contributed by atoms with Crippen LogP contribution in [0, 0.1) is 0 Å². The quantitative estimate of drug-likeness (QED) is 0.854. The summed E-state index contributed by atoms with van der Waals surface area (Å²) in [5.74, 6) is 1.44. The maximum atomic E-state index is 11.6. The number of aromatic nitrogens is 1. The summed E-state index contributed by atoms with van der Waals surface area (Å²) in [7, 11) is -2.93. The Labute approximate surface area is 119 Å². The first kappa shape index (κ1) is 14.9. The SMILES string of the molecule is CCCOc1nc(NC2CCCS(=O)(=O)C2)ccc1N. The monoisotopic (exact) mass is 299 g/mol. The second-order valence-corrected chi connectivity index (χ2v) is 7.27. The number of nitrogens with zero attached hydrogens (tertiary/aromatic N) is 1. The minimum absolute atomic E-state index is 0.0936. The molecule has 1 aliphatic heterocycles. The fourth-order valence-corrected chi connectivity index (χ4v) is 3.83. The molecule has 0 radical (unpaired) electrons. The fourth-order valence-electron chi connectivity index (χ4n) is 2.19. The lowest BCUT2D eigenvalue weighted by Crippen LogP contribution is -2.35. The van der Waals surface area contributed by atoms with Crippen LogP contribution in [-0.2, 0) is 9.84 Å². The van der Waals surface area contributed by atoms with E-state index in [1.54, 1.807) is 12.1 Å². The molecule has 1 aliphatic rings. The maximum absolute atomic E-state index is 11.6. The average molecular weight is 299 g/mol. The standard InChI is InChI=1S/C13H21N3O3S/c1-2-7-19-13-11(14)5-6-12(16-13)15-10-4-3-8-20(17,18)9-10/h5-6,10H,2-4,7-9,14H2,1H3,(H,15,16). The third-order valence-corrected chi connectivity index (χ3v) is 4.97. The fraction of sp³-hybridized carbons (Fsp3) is 0.615. The van der Waals surface area contributed by atoms with Gasteiger partial charge < -0.3 is 15.8 Å². The maximum Gasteiger partial charge on any atom is 0.239 e. The van der Waals surface area contributed by atoms with Gasteiger partial charge in [-0.1, -0.05) is 6.92 Å². The molecule has 1 fully saturated rings. The average Bonchev–Trinajstić information content (AvgIpc) is 2.38. The van der Waals surface area contributed by atoms with Crippen LogP contribution < -0.4 is 15.8 Å². The number of nitrogens with one attached hydrogen (secondary N) is 1. The topological polar surface area (TPSA) is 94.3 Å². The molecule has 2 heterocycles. The Morgan fingerprint density at radius 2 is 2.30 bits per heavy atom. The molecule has 0 bridgehead atoms. The van der Waals surface area contributed by atoms with Gasteiger partial charge in [-0.25, -0.2) is 8.42 Å². The summed E-state index contributed by atoms with van der Waals surface area (Å²) in [6.07, 6.45) is 2.39. The van der Waals surface area contributed by atoms with E-state index >= 15 is 0 Å². The number of hydrogen-bond donors (Lipinski definition) is 2. The van der Waals surface area contributed by atoms with Gasteiger partial charge in [0.2, 0.25) is 5.88 Å². The lowest BCUT2D eigenvalue weighted by atomic mass is 10.2. The first-order valence-electron chi connectivity index (χ1n) is 6.86. The lowest BCUT2D eigenvalue weighted by Gasteiger charge is -2.23. The number of ether oxygens (including phenoxy) is 1. The number of nitrogens with two attached hydrogens (primary N) is 1. The first-order valence-corrected chi connectivity index (χ1v) is 8.68. The van der Waals surface area contributed by atoms with E-state index in [0.29, 0.717) is 30.4 Å². The molecule has 7 heteroatoms. The van der Waals surface area contributed by atoms with Gasteiger partial charge in [-0.3, -0.25) is 0 Å². The van der Waals surface area contributed by atoms with E-state index in [9.17, 15) is 8.42 Å². The Morgan fingerprint density at radius 3 is 3.00 bits per heavy atom. The summed E-state index contributed by atoms with van der Waals surface area (Å²) in [5.41, 5.74) is 6.28. The number of sulfone groups is 1. The summed E-state index contributed by atoms with van der Waals surface area (Å²) in [6, 6.07) is 3.37. The molecule has 3 N–H and O–H groups in total. The van der Waals surface area contributed by atoms with Gasteiger partial charge >= 0.3 is 0 Å². The van der Waals surface area contributed by atoms with Gasteiger partial charge in [0.05, 0.1) is 23.8 Å². The minimum Gasteiger partial charge on any atom is -0.476 e. The third kappa shape index (κ3) is 4.00. The Bertz CT molecular complexity index is 560. The van der Waals surface area contributed by atoms with Crippen molar-refractivity contribution in [3.05, 3.63) is 12.1 Å². The molecule has 1 atom stereocenters. The molecule has 2 rings (SSSR count). The van der Waals surface area contributed by atoms with E-state index < -0.39 is 9.84 Å². The van der Waals surface area contributed by atoms with Crippen molar-refractivity contribution >= 4 is 21.3 Å². The van der Waals surface area contributed by atoms with Gasteiger partial charge in [0.1, 0.15) is 5.82 Å². The van der Waals surface area contributed by atoms with Crippen molar-refractivity contribution in [2.75, 3.05) is 29.2 Å². The molecule has 1 aromatic rings. The molecule has 20 heavy (non-hydrogen) atoms. The predicted molar refractivity (Wildman–Crippen MR) is 79.7 cm³/mol. The smallest absolute Gasteiger partial charge is 0.239 e. The Morgan fingerprint density at radius 1 is 1.50 bits per heavy atom. The van der Waals surface area contributed by atoms with Crippen molar-refractivity contribution in [3.8, 4) is 5.88 Å². The van der Waals surface area contributed by atoms with Crippen molar-refractivity contribution in [1.29, 1.82) is 0 Å². The highest BCUT2D eigenvalue weighted by Crippen LogP contribution is 2.23. The van der Waals surface area contributed by atoms with Crippen LogP contribution >= 0.6 is 0 Å². The van der Waals surface area contributed by atoms with Crippen LogP contribution in [0.1, 0.15) is 26.2 Å². The van der Waals surface area contributed by atoms with Gasteiger partial charge in [-0.2, -0.15) is 4.98 Å². The minimum atomic E-state index is -2.93. The zero-order valence-electron chi connectivity index (χ0n) is 11.6. The summed E-state index contributed by atoms with van der Waals surface area (Å²) >= 11 is 0. The Balaban J connectivity index is 2.05. The summed E-state index contributed by atoms with van der Waals surface area (Å²) in [4.78, 5) is 4.30. The van der Waals surface area contributed by atoms with Crippen molar-refractivity contribution in [1.82, 2.24) is 4.98 Å². The molecule has 6 nitrogen and oxygen atoms in total. The molecule has 0 amide bonds. The molecule has 0 aliphatic carbocycles. The van der Waals surface area contributed by atoms with Gasteiger partial charge in [-0.15, -0.1) is 0 Å². The molecule has 0 spiro atoms. The first-order chi connectivity index (χ1) is 9.50. The zero-order chi connectivity index (χ0) is 14.6. The van der Waals surface area contributed by atoms with Gasteiger partial charge in [0.15, 0.2) is 9.84 Å². The van der Waals surface area contributed by atoms with Crippen molar-refractivity contribution in [2.45, 2.75) is 32.2 Å². The van der Waals surface area contributed by atoms with E-state index in [2.05, 4.69) is 10.3 Å². The molecular formula is C13H21N3O3S. The molecule has 1 aromatic heterocycles.